The van der Waals surface area contributed by atoms with Gasteiger partial charge in [-0.2, -0.15) is 0 Å². The highest BCUT2D eigenvalue weighted by Crippen LogP contribution is 2.36. The molecule has 1 unspecified atom stereocenters. The van der Waals surface area contributed by atoms with E-state index in [4.69, 9.17) is 4.74 Å². The van der Waals surface area contributed by atoms with Crippen molar-refractivity contribution in [1.82, 2.24) is 10.3 Å². The third-order valence-corrected chi connectivity index (χ3v) is 6.93. The molecule has 1 N–H and O–H groups in total. The van der Waals surface area contributed by atoms with Crippen molar-refractivity contribution in [3.63, 3.8) is 0 Å². The molecule has 4 nitrogen and oxygen atoms in total. The van der Waals surface area contributed by atoms with Crippen molar-refractivity contribution < 1.29 is 9.53 Å². The van der Waals surface area contributed by atoms with Crippen LogP contribution in [0.3, 0.4) is 0 Å². The number of ether oxygens (including phenoxy) is 1. The maximum Gasteiger partial charge on any atom is 0.263 e. The van der Waals surface area contributed by atoms with E-state index in [1.54, 1.807) is 7.11 Å². The number of nitrogens with zero attached hydrogens (tertiary/aromatic N) is 1. The minimum absolute atomic E-state index is 0.0449. The highest BCUT2D eigenvalue weighted by atomic mass is 32.2. The van der Waals surface area contributed by atoms with Gasteiger partial charge in [-0.3, -0.25) is 4.79 Å². The van der Waals surface area contributed by atoms with Crippen LogP contribution in [0.2, 0.25) is 0 Å². The van der Waals surface area contributed by atoms with Gasteiger partial charge in [0.1, 0.15) is 15.6 Å². The van der Waals surface area contributed by atoms with Gasteiger partial charge in [0.05, 0.1) is 18.8 Å². The summed E-state index contributed by atoms with van der Waals surface area (Å²) in [6.45, 7) is 1.89. The third kappa shape index (κ3) is 3.73. The summed E-state index contributed by atoms with van der Waals surface area (Å²) in [6, 6.07) is 16.1. The van der Waals surface area contributed by atoms with Crippen molar-refractivity contribution in [2.24, 2.45) is 0 Å². The number of rotatable bonds is 4. The molecule has 0 spiro atoms. The number of methoxy groups -OCH3 is 1. The maximum absolute atomic E-state index is 12.9. The Morgan fingerprint density at radius 3 is 2.74 bits per heavy atom. The van der Waals surface area contributed by atoms with Crippen LogP contribution in [0.25, 0.3) is 10.6 Å². The van der Waals surface area contributed by atoms with E-state index >= 15 is 0 Å². The summed E-state index contributed by atoms with van der Waals surface area (Å²) in [5.41, 5.74) is 2.96. The quantitative estimate of drug-likeness (QED) is 0.667. The molecule has 1 aliphatic heterocycles. The van der Waals surface area contributed by atoms with Gasteiger partial charge in [-0.15, -0.1) is 23.1 Å². The number of nitrogens with one attached hydrogen (secondary N) is 1. The molecule has 2 heterocycles. The summed E-state index contributed by atoms with van der Waals surface area (Å²) in [7, 11) is 1.65. The fourth-order valence-corrected chi connectivity index (χ4v) is 5.28. The Hall–Kier alpha value is -2.31. The van der Waals surface area contributed by atoms with Gasteiger partial charge in [-0.05, 0) is 49.2 Å². The Kier molecular flexibility index (Phi) is 5.18. The first kappa shape index (κ1) is 18.1. The van der Waals surface area contributed by atoms with Crippen molar-refractivity contribution in [2.75, 3.05) is 12.9 Å². The summed E-state index contributed by atoms with van der Waals surface area (Å²) < 4.78 is 5.20. The predicted molar refractivity (Wildman–Crippen MR) is 111 cm³/mol. The number of carbonyl (C=O) groups is 1. The first-order valence-corrected chi connectivity index (χ1v) is 10.6. The summed E-state index contributed by atoms with van der Waals surface area (Å²) in [4.78, 5) is 19.5. The minimum atomic E-state index is -0.0449. The molecule has 27 heavy (non-hydrogen) atoms. The molecule has 6 heteroatoms. The van der Waals surface area contributed by atoms with Crippen molar-refractivity contribution >= 4 is 29.0 Å². The van der Waals surface area contributed by atoms with Gasteiger partial charge in [-0.25, -0.2) is 4.98 Å². The molecular weight excluding hydrogens is 376 g/mol. The van der Waals surface area contributed by atoms with Crippen LogP contribution in [0.5, 0.6) is 5.75 Å². The number of aryl methyl sites for hydroxylation is 1. The summed E-state index contributed by atoms with van der Waals surface area (Å²) in [5, 5.41) is 4.06. The van der Waals surface area contributed by atoms with Crippen molar-refractivity contribution in [2.45, 2.75) is 24.3 Å². The molecule has 2 aromatic carbocycles. The Bertz CT molecular complexity index is 967. The number of benzene rings is 2. The highest BCUT2D eigenvalue weighted by Gasteiger charge is 2.24. The number of thiazole rings is 1. The number of carbonyl (C=O) groups excluding carboxylic acids is 1. The molecule has 4 rings (SSSR count). The van der Waals surface area contributed by atoms with E-state index in [0.717, 1.165) is 34.2 Å². The van der Waals surface area contributed by atoms with Crippen LogP contribution < -0.4 is 10.1 Å². The molecule has 1 aliphatic rings. The van der Waals surface area contributed by atoms with Crippen LogP contribution in [-0.4, -0.2) is 23.8 Å². The molecular formula is C21H20N2O2S2. The number of aromatic nitrogens is 1. The van der Waals surface area contributed by atoms with E-state index in [2.05, 4.69) is 22.4 Å². The van der Waals surface area contributed by atoms with E-state index < -0.39 is 0 Å². The molecule has 138 valence electrons. The molecule has 0 aliphatic carbocycles. The average molecular weight is 397 g/mol. The first-order valence-electron chi connectivity index (χ1n) is 8.80. The zero-order chi connectivity index (χ0) is 18.8. The minimum Gasteiger partial charge on any atom is -0.497 e. The molecule has 1 amide bonds. The van der Waals surface area contributed by atoms with Gasteiger partial charge >= 0.3 is 0 Å². The maximum atomic E-state index is 12.9. The number of fused-ring (bicyclic) bond motifs is 1. The summed E-state index contributed by atoms with van der Waals surface area (Å²) in [5.74, 6) is 1.77. The Morgan fingerprint density at radius 2 is 1.96 bits per heavy atom. The van der Waals surface area contributed by atoms with Crippen LogP contribution in [0.4, 0.5) is 0 Å². The monoisotopic (exact) mass is 396 g/mol. The van der Waals surface area contributed by atoms with Crippen LogP contribution in [0.15, 0.2) is 53.4 Å². The Labute approximate surface area is 167 Å². The Morgan fingerprint density at radius 1 is 1.19 bits per heavy atom. The van der Waals surface area contributed by atoms with Crippen molar-refractivity contribution in [3.05, 3.63) is 64.7 Å². The smallest absolute Gasteiger partial charge is 0.263 e. The lowest BCUT2D eigenvalue weighted by molar-refractivity contribution is 0.0938. The second kappa shape index (κ2) is 7.74. The van der Waals surface area contributed by atoms with Gasteiger partial charge in [0, 0.05) is 16.2 Å². The van der Waals surface area contributed by atoms with Crippen molar-refractivity contribution in [1.29, 1.82) is 0 Å². The molecule has 0 bridgehead atoms. The summed E-state index contributed by atoms with van der Waals surface area (Å²) in [6.07, 6.45) is 0.941. The summed E-state index contributed by atoms with van der Waals surface area (Å²) >= 11 is 3.29. The number of hydrogen-bond acceptors (Lipinski definition) is 5. The molecule has 3 aromatic rings. The van der Waals surface area contributed by atoms with Crippen LogP contribution in [0, 0.1) is 6.92 Å². The van der Waals surface area contributed by atoms with E-state index in [9.17, 15) is 4.79 Å². The lowest BCUT2D eigenvalue weighted by atomic mass is 10.0. The second-order valence-corrected chi connectivity index (χ2v) is 8.50. The zero-order valence-electron chi connectivity index (χ0n) is 15.2. The fraction of sp³-hybridized carbons (Fsp3) is 0.238. The molecule has 0 saturated heterocycles. The van der Waals surface area contributed by atoms with Gasteiger partial charge in [0.2, 0.25) is 0 Å². The van der Waals surface area contributed by atoms with Crippen molar-refractivity contribution in [3.8, 4) is 16.3 Å². The van der Waals surface area contributed by atoms with Crippen LogP contribution in [0.1, 0.15) is 33.4 Å². The number of thioether (sulfide) groups is 1. The lowest BCUT2D eigenvalue weighted by Crippen LogP contribution is -2.30. The normalized spacial score (nSPS) is 15.9. The lowest BCUT2D eigenvalue weighted by Gasteiger charge is -2.25. The molecule has 0 fully saturated rings. The van der Waals surface area contributed by atoms with Crippen LogP contribution >= 0.6 is 23.1 Å². The molecule has 0 radical (unpaired) electrons. The van der Waals surface area contributed by atoms with E-state index in [-0.39, 0.29) is 11.9 Å². The topological polar surface area (TPSA) is 51.2 Å². The second-order valence-electron chi connectivity index (χ2n) is 6.36. The van der Waals surface area contributed by atoms with Gasteiger partial charge in [-0.1, -0.05) is 18.2 Å². The predicted octanol–water partition coefficient (Wildman–Crippen LogP) is 5.09. The van der Waals surface area contributed by atoms with Gasteiger partial charge in [0.15, 0.2) is 0 Å². The van der Waals surface area contributed by atoms with Gasteiger partial charge < -0.3 is 10.1 Å². The fourth-order valence-electron chi connectivity index (χ4n) is 3.18. The number of amides is 1. The standard InChI is InChI=1S/C21H20N2O2S2/c1-13-19(27-21(22-13)14-7-9-15(25-2)10-8-14)20(24)23-17-11-12-26-18-6-4-3-5-16(17)18/h3-10,17H,11-12H2,1-2H3,(H,23,24). The SMILES string of the molecule is COc1ccc(-c2nc(C)c(C(=O)NC3CCSc4ccccc43)s2)cc1. The molecule has 0 saturated carbocycles. The third-order valence-electron chi connectivity index (χ3n) is 4.60. The molecule has 1 aromatic heterocycles. The zero-order valence-corrected chi connectivity index (χ0v) is 16.8. The molecule has 1 atom stereocenters. The van der Waals surface area contributed by atoms with Gasteiger partial charge in [0.25, 0.3) is 5.91 Å². The van der Waals surface area contributed by atoms with E-state index in [1.807, 2.05) is 55.1 Å². The number of hydrogen-bond donors (Lipinski definition) is 1. The largest absolute Gasteiger partial charge is 0.497 e. The highest BCUT2D eigenvalue weighted by molar-refractivity contribution is 7.99. The Balaban J connectivity index is 1.55. The first-order chi connectivity index (χ1) is 13.2. The van der Waals surface area contributed by atoms with Crippen LogP contribution in [-0.2, 0) is 0 Å². The van der Waals surface area contributed by atoms with E-state index in [1.165, 1.54) is 21.8 Å². The average Bonchev–Trinajstić information content (AvgIpc) is 3.10. The van der Waals surface area contributed by atoms with E-state index in [0.29, 0.717) is 4.88 Å².